The number of nitrogens with zero attached hydrogens (tertiary/aromatic N) is 1. The molecule has 0 aliphatic rings. The van der Waals surface area contributed by atoms with Crippen LogP contribution in [0.4, 0.5) is 5.69 Å². The monoisotopic (exact) mass is 283 g/mol. The first-order chi connectivity index (χ1) is 9.70. The van der Waals surface area contributed by atoms with Gasteiger partial charge in [-0.15, -0.1) is 0 Å². The minimum atomic E-state index is 0.795. The normalized spacial score (nSPS) is 11.8. The summed E-state index contributed by atoms with van der Waals surface area (Å²) in [6.45, 7) is 3.76. The highest BCUT2D eigenvalue weighted by Gasteiger charge is 2.08. The molecule has 0 atom stereocenters. The molecule has 2 rings (SSSR count). The molecular formula is C17H19N2S+. The van der Waals surface area contributed by atoms with Crippen molar-refractivity contribution in [2.24, 2.45) is 5.73 Å². The van der Waals surface area contributed by atoms with Gasteiger partial charge in [0, 0.05) is 5.75 Å². The zero-order valence-electron chi connectivity index (χ0n) is 11.6. The van der Waals surface area contributed by atoms with E-state index in [2.05, 4.69) is 30.8 Å². The fourth-order valence-corrected chi connectivity index (χ4v) is 2.59. The van der Waals surface area contributed by atoms with Gasteiger partial charge in [-0.25, -0.2) is 4.58 Å². The van der Waals surface area contributed by atoms with Crippen LogP contribution in [0.25, 0.3) is 6.08 Å². The van der Waals surface area contributed by atoms with Crippen molar-refractivity contribution in [2.45, 2.75) is 5.75 Å². The number of nitrogens with two attached hydrogens (primary N) is 1. The lowest BCUT2D eigenvalue weighted by molar-refractivity contribution is -0.402. The number of benzene rings is 2. The average Bonchev–Trinajstić information content (AvgIpc) is 2.53. The topological polar surface area (TPSA) is 29.0 Å². The maximum Gasteiger partial charge on any atom is 0.309 e. The van der Waals surface area contributed by atoms with Crippen LogP contribution in [0.5, 0.6) is 0 Å². The van der Waals surface area contributed by atoms with Crippen LogP contribution >= 0.6 is 11.8 Å². The first kappa shape index (κ1) is 14.4. The van der Waals surface area contributed by atoms with Gasteiger partial charge in [0.2, 0.25) is 0 Å². The van der Waals surface area contributed by atoms with E-state index in [0.717, 1.165) is 22.2 Å². The summed E-state index contributed by atoms with van der Waals surface area (Å²) in [5.74, 6) is 0.862. The van der Waals surface area contributed by atoms with E-state index in [-0.39, 0.29) is 0 Å². The molecular weight excluding hydrogens is 264 g/mol. The molecule has 0 bridgehead atoms. The third kappa shape index (κ3) is 3.75. The molecule has 3 heteroatoms. The van der Waals surface area contributed by atoms with Gasteiger partial charge in [-0.3, -0.25) is 5.73 Å². The molecule has 102 valence electrons. The molecule has 0 saturated heterocycles. The van der Waals surface area contributed by atoms with Crippen LogP contribution in [0.3, 0.4) is 0 Å². The molecule has 0 aromatic heterocycles. The standard InChI is InChI=1S/C17H18N2S/c1-3-14-9-11-15(12-10-14)13-20-17(18)19(2)16-7-5-4-6-8-16/h3-12,18H,1,13H2,2H3/p+1. The Hall–Kier alpha value is -2.00. The van der Waals surface area contributed by atoms with E-state index in [0.29, 0.717) is 0 Å². The van der Waals surface area contributed by atoms with Crippen molar-refractivity contribution in [2.75, 3.05) is 7.05 Å². The van der Waals surface area contributed by atoms with Gasteiger partial charge in [0.15, 0.2) is 0 Å². The largest absolute Gasteiger partial charge is 0.309 e. The Morgan fingerprint density at radius 2 is 1.80 bits per heavy atom. The molecule has 0 radical (unpaired) electrons. The highest BCUT2D eigenvalue weighted by atomic mass is 32.2. The van der Waals surface area contributed by atoms with Crippen LogP contribution in [-0.4, -0.2) is 16.8 Å². The lowest BCUT2D eigenvalue weighted by Gasteiger charge is -2.04. The van der Waals surface area contributed by atoms with Gasteiger partial charge in [0.05, 0.1) is 7.05 Å². The first-order valence-electron chi connectivity index (χ1n) is 6.46. The van der Waals surface area contributed by atoms with Gasteiger partial charge in [0.1, 0.15) is 5.69 Å². The molecule has 0 fully saturated rings. The SMILES string of the molecule is C=Cc1ccc(CSC(N)=[N+](C)c2ccccc2)cc1. The van der Waals surface area contributed by atoms with Crippen LogP contribution in [0, 0.1) is 0 Å². The Balaban J connectivity index is 2.03. The number of thioether (sulfide) groups is 1. The van der Waals surface area contributed by atoms with Gasteiger partial charge >= 0.3 is 5.17 Å². The number of rotatable bonds is 4. The Bertz CT molecular complexity index is 601. The van der Waals surface area contributed by atoms with Crippen molar-refractivity contribution in [3.8, 4) is 0 Å². The summed E-state index contributed by atoms with van der Waals surface area (Å²) in [5, 5.41) is 0.795. The predicted molar refractivity (Wildman–Crippen MR) is 89.3 cm³/mol. The third-order valence-electron chi connectivity index (χ3n) is 3.08. The van der Waals surface area contributed by atoms with Crippen LogP contribution < -0.4 is 5.73 Å². The summed E-state index contributed by atoms with van der Waals surface area (Å²) >= 11 is 1.64. The molecule has 0 aliphatic carbocycles. The van der Waals surface area contributed by atoms with Gasteiger partial charge in [-0.05, 0) is 35.0 Å². The van der Waals surface area contributed by atoms with Crippen molar-refractivity contribution in [1.29, 1.82) is 0 Å². The van der Waals surface area contributed by atoms with E-state index in [9.17, 15) is 0 Å². The van der Waals surface area contributed by atoms with Gasteiger partial charge in [-0.2, -0.15) is 0 Å². The second-order valence-corrected chi connectivity index (χ2v) is 5.46. The van der Waals surface area contributed by atoms with E-state index in [1.54, 1.807) is 11.8 Å². The first-order valence-corrected chi connectivity index (χ1v) is 7.44. The number of hydrogen-bond acceptors (Lipinski definition) is 1. The molecule has 2 aromatic carbocycles. The van der Waals surface area contributed by atoms with Crippen molar-refractivity contribution < 1.29 is 4.58 Å². The molecule has 2 aromatic rings. The van der Waals surface area contributed by atoms with Gasteiger partial charge in [0.25, 0.3) is 0 Å². The minimum absolute atomic E-state index is 0.795. The maximum absolute atomic E-state index is 6.14. The fourth-order valence-electron chi connectivity index (χ4n) is 1.78. The number of hydrogen-bond donors (Lipinski definition) is 1. The second-order valence-electron chi connectivity index (χ2n) is 4.47. The van der Waals surface area contributed by atoms with Crippen LogP contribution in [0.2, 0.25) is 0 Å². The molecule has 20 heavy (non-hydrogen) atoms. The Labute approximate surface area is 124 Å². The molecule has 0 saturated carbocycles. The molecule has 2 nitrogen and oxygen atoms in total. The van der Waals surface area contributed by atoms with E-state index >= 15 is 0 Å². The number of para-hydroxylation sites is 1. The van der Waals surface area contributed by atoms with E-state index in [1.165, 1.54) is 5.56 Å². The van der Waals surface area contributed by atoms with Crippen LogP contribution in [0.1, 0.15) is 11.1 Å². The third-order valence-corrected chi connectivity index (χ3v) is 4.12. The molecule has 2 N–H and O–H groups in total. The lowest BCUT2D eigenvalue weighted by atomic mass is 10.1. The van der Waals surface area contributed by atoms with Crippen molar-refractivity contribution in [3.63, 3.8) is 0 Å². The summed E-state index contributed by atoms with van der Waals surface area (Å²) in [5.41, 5.74) is 9.63. The van der Waals surface area contributed by atoms with Crippen molar-refractivity contribution in [3.05, 3.63) is 72.3 Å². The van der Waals surface area contributed by atoms with Gasteiger partial charge in [-0.1, -0.05) is 55.1 Å². The Morgan fingerprint density at radius 3 is 2.40 bits per heavy atom. The fraction of sp³-hybridized carbons (Fsp3) is 0.118. The van der Waals surface area contributed by atoms with Crippen LogP contribution in [0.15, 0.2) is 61.2 Å². The Morgan fingerprint density at radius 1 is 1.15 bits per heavy atom. The van der Waals surface area contributed by atoms with E-state index in [4.69, 9.17) is 5.73 Å². The quantitative estimate of drug-likeness (QED) is 0.524. The van der Waals surface area contributed by atoms with Gasteiger partial charge < -0.3 is 0 Å². The van der Waals surface area contributed by atoms with E-state index in [1.807, 2.05) is 48.0 Å². The summed E-state index contributed by atoms with van der Waals surface area (Å²) in [7, 11) is 1.98. The minimum Gasteiger partial charge on any atom is -0.281 e. The highest BCUT2D eigenvalue weighted by Crippen LogP contribution is 2.16. The smallest absolute Gasteiger partial charge is 0.281 e. The summed E-state index contributed by atoms with van der Waals surface area (Å²) < 4.78 is 2.00. The summed E-state index contributed by atoms with van der Waals surface area (Å²) in [4.78, 5) is 0. The van der Waals surface area contributed by atoms with Crippen molar-refractivity contribution >= 4 is 28.7 Å². The molecule has 0 heterocycles. The maximum atomic E-state index is 6.14. The zero-order chi connectivity index (χ0) is 14.4. The molecule has 0 spiro atoms. The Kier molecular flexibility index (Phi) is 5.02. The number of amidine groups is 1. The molecule has 0 unspecified atom stereocenters. The predicted octanol–water partition coefficient (Wildman–Crippen LogP) is 3.85. The molecule has 0 amide bonds. The second kappa shape index (κ2) is 6.96. The molecule has 0 aliphatic heterocycles. The lowest BCUT2D eigenvalue weighted by Crippen LogP contribution is -2.19. The summed E-state index contributed by atoms with van der Waals surface area (Å²) in [6.07, 6.45) is 1.85. The van der Waals surface area contributed by atoms with Crippen LogP contribution in [-0.2, 0) is 5.75 Å². The summed E-state index contributed by atoms with van der Waals surface area (Å²) in [6, 6.07) is 18.5. The zero-order valence-corrected chi connectivity index (χ0v) is 12.4. The average molecular weight is 283 g/mol. The highest BCUT2D eigenvalue weighted by molar-refractivity contribution is 8.12. The van der Waals surface area contributed by atoms with E-state index < -0.39 is 0 Å². The van der Waals surface area contributed by atoms with Crippen molar-refractivity contribution in [1.82, 2.24) is 0 Å².